The van der Waals surface area contributed by atoms with Gasteiger partial charge in [-0.1, -0.05) is 24.3 Å². The summed E-state index contributed by atoms with van der Waals surface area (Å²) in [4.78, 5) is 23.8. The first-order valence-electron chi connectivity index (χ1n) is 7.19. The first kappa shape index (κ1) is 14.8. The molecule has 0 atom stereocenters. The number of nitrogens with zero attached hydrogens (tertiary/aromatic N) is 1. The van der Waals surface area contributed by atoms with Gasteiger partial charge in [-0.15, -0.1) is 0 Å². The van der Waals surface area contributed by atoms with E-state index in [-0.39, 0.29) is 12.5 Å². The van der Waals surface area contributed by atoms with Crippen LogP contribution in [0.4, 0.5) is 5.69 Å². The molecule has 0 aliphatic rings. The van der Waals surface area contributed by atoms with Crippen LogP contribution in [0.2, 0.25) is 0 Å². The van der Waals surface area contributed by atoms with Gasteiger partial charge in [-0.05, 0) is 35.7 Å². The summed E-state index contributed by atoms with van der Waals surface area (Å²) in [6.07, 6.45) is 1.83. The van der Waals surface area contributed by atoms with Crippen LogP contribution >= 0.6 is 0 Å². The summed E-state index contributed by atoms with van der Waals surface area (Å²) in [7, 11) is 1.35. The van der Waals surface area contributed by atoms with Crippen LogP contribution in [0.5, 0.6) is 0 Å². The highest BCUT2D eigenvalue weighted by molar-refractivity contribution is 5.96. The van der Waals surface area contributed by atoms with E-state index in [4.69, 9.17) is 4.74 Å². The van der Waals surface area contributed by atoms with E-state index in [1.54, 1.807) is 16.7 Å². The van der Waals surface area contributed by atoms with Crippen LogP contribution in [0, 0.1) is 0 Å². The molecule has 0 fully saturated rings. The predicted molar refractivity (Wildman–Crippen MR) is 88.3 cm³/mol. The van der Waals surface area contributed by atoms with Gasteiger partial charge in [0.1, 0.15) is 6.54 Å². The number of nitrogens with one attached hydrogen (secondary N) is 1. The molecule has 116 valence electrons. The van der Waals surface area contributed by atoms with E-state index in [9.17, 15) is 9.59 Å². The van der Waals surface area contributed by atoms with Gasteiger partial charge >= 0.3 is 5.97 Å². The maximum Gasteiger partial charge on any atom is 0.337 e. The Morgan fingerprint density at radius 3 is 2.61 bits per heavy atom. The Labute approximate surface area is 133 Å². The molecule has 5 heteroatoms. The lowest BCUT2D eigenvalue weighted by Crippen LogP contribution is -2.18. The number of aromatic nitrogens is 1. The molecule has 3 aromatic rings. The van der Waals surface area contributed by atoms with Crippen molar-refractivity contribution in [1.82, 2.24) is 4.57 Å². The molecule has 3 rings (SSSR count). The number of rotatable bonds is 4. The van der Waals surface area contributed by atoms with Crippen molar-refractivity contribution in [2.45, 2.75) is 6.54 Å². The molecule has 0 aliphatic carbocycles. The standard InChI is InChI=1S/C18H16N2O3/c1-23-18(22)14-8-7-13-9-10-20(16(13)11-14)12-17(21)19-15-5-3-2-4-6-15/h2-11H,12H2,1H3,(H,19,21). The number of esters is 1. The molecule has 0 saturated heterocycles. The molecule has 23 heavy (non-hydrogen) atoms. The number of carbonyl (C=O) groups excluding carboxylic acids is 2. The van der Waals surface area contributed by atoms with E-state index < -0.39 is 5.97 Å². The minimum atomic E-state index is -0.395. The second kappa shape index (κ2) is 6.36. The molecule has 1 amide bonds. The molecular formula is C18H16N2O3. The lowest BCUT2D eigenvalue weighted by molar-refractivity contribution is -0.116. The molecule has 5 nitrogen and oxygen atoms in total. The number of hydrogen-bond acceptors (Lipinski definition) is 3. The normalized spacial score (nSPS) is 10.5. The first-order chi connectivity index (χ1) is 11.2. The number of carbonyl (C=O) groups is 2. The third-order valence-corrected chi connectivity index (χ3v) is 3.57. The molecule has 2 aromatic carbocycles. The second-order valence-electron chi connectivity index (χ2n) is 5.12. The average molecular weight is 308 g/mol. The summed E-state index contributed by atoms with van der Waals surface area (Å²) in [6.45, 7) is 0.170. The van der Waals surface area contributed by atoms with Crippen LogP contribution in [0.15, 0.2) is 60.8 Å². The van der Waals surface area contributed by atoms with Crippen molar-refractivity contribution in [3.8, 4) is 0 Å². The van der Waals surface area contributed by atoms with Gasteiger partial charge in [0.25, 0.3) is 0 Å². The minimum Gasteiger partial charge on any atom is -0.465 e. The van der Waals surface area contributed by atoms with E-state index in [1.165, 1.54) is 7.11 Å². The predicted octanol–water partition coefficient (Wildman–Crippen LogP) is 3.07. The summed E-state index contributed by atoms with van der Waals surface area (Å²) in [5, 5.41) is 3.81. The number of hydrogen-bond donors (Lipinski definition) is 1. The monoisotopic (exact) mass is 308 g/mol. The van der Waals surface area contributed by atoms with Gasteiger partial charge in [0.15, 0.2) is 0 Å². The van der Waals surface area contributed by atoms with E-state index in [0.717, 1.165) is 16.6 Å². The maximum atomic E-state index is 12.2. The molecule has 1 N–H and O–H groups in total. The second-order valence-corrected chi connectivity index (χ2v) is 5.12. The van der Waals surface area contributed by atoms with Crippen LogP contribution in [0.3, 0.4) is 0 Å². The van der Waals surface area contributed by atoms with Crippen molar-refractivity contribution in [2.24, 2.45) is 0 Å². The Balaban J connectivity index is 1.82. The van der Waals surface area contributed by atoms with Crippen molar-refractivity contribution >= 4 is 28.5 Å². The van der Waals surface area contributed by atoms with E-state index in [1.807, 2.05) is 48.7 Å². The average Bonchev–Trinajstić information content (AvgIpc) is 2.97. The van der Waals surface area contributed by atoms with Crippen molar-refractivity contribution in [1.29, 1.82) is 0 Å². The Morgan fingerprint density at radius 2 is 1.87 bits per heavy atom. The fourth-order valence-electron chi connectivity index (χ4n) is 2.44. The van der Waals surface area contributed by atoms with Crippen molar-refractivity contribution in [2.75, 3.05) is 12.4 Å². The van der Waals surface area contributed by atoms with Gasteiger partial charge < -0.3 is 14.6 Å². The van der Waals surface area contributed by atoms with Crippen LogP contribution in [0.25, 0.3) is 10.9 Å². The quantitative estimate of drug-likeness (QED) is 0.754. The molecule has 0 spiro atoms. The number of amides is 1. The highest BCUT2D eigenvalue weighted by Gasteiger charge is 2.10. The van der Waals surface area contributed by atoms with Gasteiger partial charge in [0.05, 0.1) is 12.7 Å². The van der Waals surface area contributed by atoms with Crippen LogP contribution in [-0.4, -0.2) is 23.6 Å². The van der Waals surface area contributed by atoms with Crippen molar-refractivity contribution in [3.05, 3.63) is 66.4 Å². The minimum absolute atomic E-state index is 0.128. The molecule has 1 heterocycles. The van der Waals surface area contributed by atoms with Crippen LogP contribution in [-0.2, 0) is 16.1 Å². The van der Waals surface area contributed by atoms with Crippen LogP contribution < -0.4 is 5.32 Å². The molecule has 0 bridgehead atoms. The Bertz CT molecular complexity index is 853. The third kappa shape index (κ3) is 3.23. The zero-order valence-electron chi connectivity index (χ0n) is 12.7. The highest BCUT2D eigenvalue weighted by Crippen LogP contribution is 2.18. The maximum absolute atomic E-state index is 12.2. The first-order valence-corrected chi connectivity index (χ1v) is 7.19. The summed E-state index contributed by atoms with van der Waals surface area (Å²) in [6, 6.07) is 16.5. The number of benzene rings is 2. The fourth-order valence-corrected chi connectivity index (χ4v) is 2.44. The largest absolute Gasteiger partial charge is 0.465 e. The number of ether oxygens (including phenoxy) is 1. The molecule has 0 radical (unpaired) electrons. The lowest BCUT2D eigenvalue weighted by Gasteiger charge is -2.08. The zero-order chi connectivity index (χ0) is 16.2. The molecule has 1 aromatic heterocycles. The van der Waals surface area contributed by atoms with E-state index in [0.29, 0.717) is 5.56 Å². The van der Waals surface area contributed by atoms with Gasteiger partial charge in [-0.2, -0.15) is 0 Å². The summed E-state index contributed by atoms with van der Waals surface area (Å²) in [5.74, 6) is -0.523. The zero-order valence-corrected chi connectivity index (χ0v) is 12.7. The van der Waals surface area contributed by atoms with Gasteiger partial charge in [-0.3, -0.25) is 4.79 Å². The SMILES string of the molecule is COC(=O)c1ccc2ccn(CC(=O)Nc3ccccc3)c2c1. The number of anilines is 1. The molecule has 0 saturated carbocycles. The molecular weight excluding hydrogens is 292 g/mol. The molecule has 0 aliphatic heterocycles. The number of fused-ring (bicyclic) bond motifs is 1. The molecule has 0 unspecified atom stereocenters. The number of para-hydroxylation sites is 1. The van der Waals surface area contributed by atoms with Crippen LogP contribution in [0.1, 0.15) is 10.4 Å². The Morgan fingerprint density at radius 1 is 1.09 bits per heavy atom. The van der Waals surface area contributed by atoms with Crippen molar-refractivity contribution < 1.29 is 14.3 Å². The van der Waals surface area contributed by atoms with E-state index in [2.05, 4.69) is 5.32 Å². The Kier molecular flexibility index (Phi) is 4.10. The van der Waals surface area contributed by atoms with E-state index >= 15 is 0 Å². The smallest absolute Gasteiger partial charge is 0.337 e. The topological polar surface area (TPSA) is 60.3 Å². The third-order valence-electron chi connectivity index (χ3n) is 3.57. The Hall–Kier alpha value is -3.08. The number of methoxy groups -OCH3 is 1. The van der Waals surface area contributed by atoms with Gasteiger partial charge in [0, 0.05) is 17.4 Å². The van der Waals surface area contributed by atoms with Gasteiger partial charge in [-0.25, -0.2) is 4.79 Å². The highest BCUT2D eigenvalue weighted by atomic mass is 16.5. The fraction of sp³-hybridized carbons (Fsp3) is 0.111. The summed E-state index contributed by atoms with van der Waals surface area (Å²) in [5.41, 5.74) is 2.03. The summed E-state index contributed by atoms with van der Waals surface area (Å²) >= 11 is 0. The summed E-state index contributed by atoms with van der Waals surface area (Å²) < 4.78 is 6.54. The van der Waals surface area contributed by atoms with Gasteiger partial charge in [0.2, 0.25) is 5.91 Å². The lowest BCUT2D eigenvalue weighted by atomic mass is 10.1. The van der Waals surface area contributed by atoms with Crippen molar-refractivity contribution in [3.63, 3.8) is 0 Å².